The second-order valence-electron chi connectivity index (χ2n) is 3.29. The summed E-state index contributed by atoms with van der Waals surface area (Å²) in [4.78, 5) is 27.6. The molecule has 0 radical (unpaired) electrons. The molecule has 1 atom stereocenters. The van der Waals surface area contributed by atoms with Gasteiger partial charge in [0.15, 0.2) is 5.54 Å². The van der Waals surface area contributed by atoms with E-state index in [0.29, 0.717) is 5.01 Å². The molecule has 1 unspecified atom stereocenters. The van der Waals surface area contributed by atoms with Crippen molar-refractivity contribution in [1.29, 1.82) is 0 Å². The fourth-order valence-electron chi connectivity index (χ4n) is 1.16. The molecule has 82 valence electrons. The van der Waals surface area contributed by atoms with Crippen LogP contribution in [-0.2, 0) is 15.1 Å². The number of carbonyl (C=O) groups is 2. The Morgan fingerprint density at radius 1 is 1.60 bits per heavy atom. The standard InChI is InChI=1S/C9H12N2O3S/c1-6(12)11(3)9(2,8(13)14)7-10-4-5-15-7/h4-5H,1-3H3,(H,13,14). The summed E-state index contributed by atoms with van der Waals surface area (Å²) in [5, 5.41) is 11.3. The molecule has 0 aliphatic carbocycles. The van der Waals surface area contributed by atoms with Crippen LogP contribution in [0, 0.1) is 0 Å². The van der Waals surface area contributed by atoms with E-state index in [1.165, 1.54) is 43.3 Å². The molecule has 1 aromatic heterocycles. The number of likely N-dealkylation sites (N-methyl/N-ethyl adjacent to an activating group) is 1. The minimum absolute atomic E-state index is 0.310. The number of amides is 1. The maximum absolute atomic E-state index is 11.2. The van der Waals surface area contributed by atoms with Crippen molar-refractivity contribution >= 4 is 23.2 Å². The molecule has 5 nitrogen and oxygen atoms in total. The predicted molar refractivity (Wildman–Crippen MR) is 55.5 cm³/mol. The molecule has 0 fully saturated rings. The van der Waals surface area contributed by atoms with Crippen LogP contribution in [0.4, 0.5) is 0 Å². The minimum atomic E-state index is -1.39. The summed E-state index contributed by atoms with van der Waals surface area (Å²) >= 11 is 1.22. The van der Waals surface area contributed by atoms with E-state index in [-0.39, 0.29) is 5.91 Å². The normalized spacial score (nSPS) is 14.3. The van der Waals surface area contributed by atoms with Crippen molar-refractivity contribution in [2.75, 3.05) is 7.05 Å². The molecule has 0 saturated carbocycles. The Hall–Kier alpha value is -1.43. The number of nitrogens with zero attached hydrogens (tertiary/aromatic N) is 2. The number of aliphatic carboxylic acids is 1. The SMILES string of the molecule is CC(=O)N(C)C(C)(C(=O)O)c1nccs1. The lowest BCUT2D eigenvalue weighted by molar-refractivity contribution is -0.156. The maximum Gasteiger partial charge on any atom is 0.336 e. The second-order valence-corrected chi connectivity index (χ2v) is 4.19. The van der Waals surface area contributed by atoms with Crippen molar-refractivity contribution in [1.82, 2.24) is 9.88 Å². The summed E-state index contributed by atoms with van der Waals surface area (Å²) in [5.41, 5.74) is -1.39. The van der Waals surface area contributed by atoms with Gasteiger partial charge in [-0.25, -0.2) is 9.78 Å². The Bertz CT molecular complexity index is 377. The van der Waals surface area contributed by atoms with Crippen molar-refractivity contribution in [2.45, 2.75) is 19.4 Å². The fraction of sp³-hybridized carbons (Fsp3) is 0.444. The van der Waals surface area contributed by atoms with Crippen LogP contribution in [0.25, 0.3) is 0 Å². The van der Waals surface area contributed by atoms with Gasteiger partial charge in [0.25, 0.3) is 0 Å². The molecule has 1 rings (SSSR count). The highest BCUT2D eigenvalue weighted by molar-refractivity contribution is 7.09. The Kier molecular flexibility index (Phi) is 3.09. The van der Waals surface area contributed by atoms with Gasteiger partial charge in [0, 0.05) is 25.5 Å². The third-order valence-electron chi connectivity index (χ3n) is 2.41. The van der Waals surface area contributed by atoms with Crippen LogP contribution in [0.3, 0.4) is 0 Å². The first-order chi connectivity index (χ1) is 6.90. The first kappa shape index (κ1) is 11.6. The van der Waals surface area contributed by atoms with Gasteiger partial charge in [0.1, 0.15) is 5.01 Å². The molecule has 6 heteroatoms. The first-order valence-corrected chi connectivity index (χ1v) is 5.16. The van der Waals surface area contributed by atoms with Gasteiger partial charge in [-0.1, -0.05) is 0 Å². The van der Waals surface area contributed by atoms with Crippen molar-refractivity contribution in [3.05, 3.63) is 16.6 Å². The van der Waals surface area contributed by atoms with Crippen molar-refractivity contribution in [3.8, 4) is 0 Å². The molecule has 1 amide bonds. The molecular weight excluding hydrogens is 216 g/mol. The molecule has 0 aliphatic rings. The van der Waals surface area contributed by atoms with E-state index in [1.807, 2.05) is 0 Å². The number of hydrogen-bond acceptors (Lipinski definition) is 4. The number of carbonyl (C=O) groups excluding carboxylic acids is 1. The summed E-state index contributed by atoms with van der Waals surface area (Å²) in [6.45, 7) is 2.80. The van der Waals surface area contributed by atoms with E-state index in [1.54, 1.807) is 5.38 Å². The average Bonchev–Trinajstić information content (AvgIpc) is 2.67. The highest BCUT2D eigenvalue weighted by Crippen LogP contribution is 2.29. The van der Waals surface area contributed by atoms with Crippen molar-refractivity contribution in [3.63, 3.8) is 0 Å². The van der Waals surface area contributed by atoms with Crippen molar-refractivity contribution < 1.29 is 14.7 Å². The summed E-state index contributed by atoms with van der Waals surface area (Å²) in [5.74, 6) is -1.40. The Morgan fingerprint density at radius 3 is 2.53 bits per heavy atom. The van der Waals surface area contributed by atoms with Gasteiger partial charge in [-0.3, -0.25) is 4.79 Å². The maximum atomic E-state index is 11.2. The lowest BCUT2D eigenvalue weighted by Gasteiger charge is -2.32. The van der Waals surface area contributed by atoms with E-state index in [0.717, 1.165) is 0 Å². The smallest absolute Gasteiger partial charge is 0.336 e. The molecule has 0 bridgehead atoms. The lowest BCUT2D eigenvalue weighted by atomic mass is 10.0. The number of rotatable bonds is 3. The zero-order valence-corrected chi connectivity index (χ0v) is 9.54. The third-order valence-corrected chi connectivity index (χ3v) is 3.39. The minimum Gasteiger partial charge on any atom is -0.479 e. The average molecular weight is 228 g/mol. The van der Waals surface area contributed by atoms with Gasteiger partial charge in [0.05, 0.1) is 0 Å². The van der Waals surface area contributed by atoms with Crippen LogP contribution in [0.5, 0.6) is 0 Å². The first-order valence-electron chi connectivity index (χ1n) is 4.28. The molecule has 0 saturated heterocycles. The predicted octanol–water partition coefficient (Wildman–Crippen LogP) is 0.921. The van der Waals surface area contributed by atoms with Gasteiger partial charge >= 0.3 is 5.97 Å². The van der Waals surface area contributed by atoms with E-state index in [9.17, 15) is 14.7 Å². The van der Waals surface area contributed by atoms with E-state index in [4.69, 9.17) is 0 Å². The van der Waals surface area contributed by atoms with Gasteiger partial charge in [-0.15, -0.1) is 11.3 Å². The molecule has 1 heterocycles. The number of carboxylic acid groups (broad SMARTS) is 1. The van der Waals surface area contributed by atoms with Gasteiger partial charge < -0.3 is 10.0 Å². The molecule has 0 aliphatic heterocycles. The number of carboxylic acids is 1. The molecule has 1 N–H and O–H groups in total. The summed E-state index contributed by atoms with van der Waals surface area (Å²) < 4.78 is 0. The molecule has 1 aromatic rings. The highest BCUT2D eigenvalue weighted by Gasteiger charge is 2.43. The zero-order chi connectivity index (χ0) is 11.6. The largest absolute Gasteiger partial charge is 0.479 e. The fourth-order valence-corrected chi connectivity index (χ4v) is 1.98. The van der Waals surface area contributed by atoms with E-state index < -0.39 is 11.5 Å². The molecule has 0 aromatic carbocycles. The van der Waals surface area contributed by atoms with Gasteiger partial charge in [-0.05, 0) is 6.92 Å². The Morgan fingerprint density at radius 2 is 2.20 bits per heavy atom. The van der Waals surface area contributed by atoms with Crippen LogP contribution >= 0.6 is 11.3 Å². The summed E-state index contributed by atoms with van der Waals surface area (Å²) in [6.07, 6.45) is 1.52. The number of aromatic nitrogens is 1. The Balaban J connectivity index is 3.21. The van der Waals surface area contributed by atoms with E-state index in [2.05, 4.69) is 4.98 Å². The quantitative estimate of drug-likeness (QED) is 0.835. The molecule has 15 heavy (non-hydrogen) atoms. The van der Waals surface area contributed by atoms with Crippen molar-refractivity contribution in [2.24, 2.45) is 0 Å². The topological polar surface area (TPSA) is 70.5 Å². The van der Waals surface area contributed by atoms with Crippen LogP contribution in [0.2, 0.25) is 0 Å². The second kappa shape index (κ2) is 3.98. The monoisotopic (exact) mass is 228 g/mol. The van der Waals surface area contributed by atoms with Crippen LogP contribution in [-0.4, -0.2) is 33.9 Å². The number of thiazole rings is 1. The number of hydrogen-bond donors (Lipinski definition) is 1. The van der Waals surface area contributed by atoms with Crippen LogP contribution in [0.15, 0.2) is 11.6 Å². The summed E-state index contributed by atoms with van der Waals surface area (Å²) in [7, 11) is 1.46. The zero-order valence-electron chi connectivity index (χ0n) is 8.72. The van der Waals surface area contributed by atoms with E-state index >= 15 is 0 Å². The van der Waals surface area contributed by atoms with Gasteiger partial charge in [0.2, 0.25) is 5.91 Å². The molecular formula is C9H12N2O3S. The highest BCUT2D eigenvalue weighted by atomic mass is 32.1. The third kappa shape index (κ3) is 1.85. The van der Waals surface area contributed by atoms with Crippen LogP contribution in [0.1, 0.15) is 18.9 Å². The van der Waals surface area contributed by atoms with Gasteiger partial charge in [-0.2, -0.15) is 0 Å². The molecule has 0 spiro atoms. The Labute approximate surface area is 91.4 Å². The summed E-state index contributed by atoms with van der Waals surface area (Å²) in [6, 6.07) is 0. The van der Waals surface area contributed by atoms with Crippen LogP contribution < -0.4 is 0 Å². The lowest BCUT2D eigenvalue weighted by Crippen LogP contribution is -2.49.